The second-order valence-electron chi connectivity index (χ2n) is 4.43. The Balaban J connectivity index is 2.08. The molecular formula is C15H13ClF2O2. The fourth-order valence-corrected chi connectivity index (χ4v) is 1.92. The summed E-state index contributed by atoms with van der Waals surface area (Å²) in [6, 6.07) is 8.22. The fraction of sp³-hybridized carbons (Fsp3) is 0.200. The second-order valence-corrected chi connectivity index (χ2v) is 4.83. The highest BCUT2D eigenvalue weighted by Gasteiger charge is 2.15. The predicted octanol–water partition coefficient (Wildman–Crippen LogP) is 4.04. The zero-order valence-corrected chi connectivity index (χ0v) is 11.5. The standard InChI is InChI=1S/C15H13ClF2O2/c1-9-2-5-12(16)15(6-9)20-8-14(19)11-4-3-10(17)7-13(11)18/h2-7,14,19H,8H2,1H3. The Labute approximate surface area is 120 Å². The normalized spacial score (nSPS) is 12.2. The Hall–Kier alpha value is -1.65. The summed E-state index contributed by atoms with van der Waals surface area (Å²) in [5.74, 6) is -1.09. The lowest BCUT2D eigenvalue weighted by molar-refractivity contribution is 0.105. The lowest BCUT2D eigenvalue weighted by Crippen LogP contribution is -2.11. The van der Waals surface area contributed by atoms with Gasteiger partial charge in [-0.05, 0) is 30.7 Å². The summed E-state index contributed by atoms with van der Waals surface area (Å²) >= 11 is 5.95. The minimum Gasteiger partial charge on any atom is -0.489 e. The summed E-state index contributed by atoms with van der Waals surface area (Å²) in [6.45, 7) is 1.70. The van der Waals surface area contributed by atoms with Crippen molar-refractivity contribution < 1.29 is 18.6 Å². The molecule has 0 aliphatic carbocycles. The van der Waals surface area contributed by atoms with Gasteiger partial charge in [-0.2, -0.15) is 0 Å². The lowest BCUT2D eigenvalue weighted by Gasteiger charge is -2.14. The molecule has 0 fully saturated rings. The molecule has 0 amide bonds. The fourth-order valence-electron chi connectivity index (χ4n) is 1.75. The van der Waals surface area contributed by atoms with Gasteiger partial charge in [-0.3, -0.25) is 0 Å². The molecule has 0 aromatic heterocycles. The van der Waals surface area contributed by atoms with Gasteiger partial charge in [0.15, 0.2) is 0 Å². The van der Waals surface area contributed by atoms with Crippen molar-refractivity contribution in [3.63, 3.8) is 0 Å². The largest absolute Gasteiger partial charge is 0.489 e. The third-order valence-electron chi connectivity index (χ3n) is 2.80. The number of rotatable bonds is 4. The van der Waals surface area contributed by atoms with Crippen LogP contribution < -0.4 is 4.74 Å². The van der Waals surface area contributed by atoms with Gasteiger partial charge in [-0.15, -0.1) is 0 Å². The lowest BCUT2D eigenvalue weighted by atomic mass is 10.1. The van der Waals surface area contributed by atoms with E-state index in [-0.39, 0.29) is 12.2 Å². The van der Waals surface area contributed by atoms with E-state index in [0.29, 0.717) is 10.8 Å². The van der Waals surface area contributed by atoms with Gasteiger partial charge in [0.2, 0.25) is 0 Å². The van der Waals surface area contributed by atoms with E-state index in [2.05, 4.69) is 0 Å². The van der Waals surface area contributed by atoms with Crippen LogP contribution in [0.3, 0.4) is 0 Å². The molecule has 106 valence electrons. The van der Waals surface area contributed by atoms with Crippen LogP contribution >= 0.6 is 11.6 Å². The maximum absolute atomic E-state index is 13.5. The summed E-state index contributed by atoms with van der Waals surface area (Å²) in [7, 11) is 0. The molecule has 2 aromatic rings. The number of hydrogen-bond donors (Lipinski definition) is 1. The molecule has 5 heteroatoms. The van der Waals surface area contributed by atoms with Crippen LogP contribution in [0.2, 0.25) is 5.02 Å². The van der Waals surface area contributed by atoms with Crippen LogP contribution in [0.5, 0.6) is 5.75 Å². The highest BCUT2D eigenvalue weighted by atomic mass is 35.5. The van der Waals surface area contributed by atoms with Crippen molar-refractivity contribution in [3.05, 3.63) is 64.2 Å². The van der Waals surface area contributed by atoms with Gasteiger partial charge in [-0.25, -0.2) is 8.78 Å². The molecule has 0 bridgehead atoms. The zero-order valence-electron chi connectivity index (χ0n) is 10.7. The van der Waals surface area contributed by atoms with Crippen molar-refractivity contribution in [2.75, 3.05) is 6.61 Å². The molecule has 0 saturated carbocycles. The quantitative estimate of drug-likeness (QED) is 0.923. The van der Waals surface area contributed by atoms with Gasteiger partial charge in [0.05, 0.1) is 5.02 Å². The Morgan fingerprint density at radius 1 is 1.20 bits per heavy atom. The van der Waals surface area contributed by atoms with Crippen molar-refractivity contribution in [1.29, 1.82) is 0 Å². The van der Waals surface area contributed by atoms with Crippen molar-refractivity contribution in [2.24, 2.45) is 0 Å². The van der Waals surface area contributed by atoms with E-state index in [1.807, 2.05) is 13.0 Å². The number of aliphatic hydroxyl groups excluding tert-OH is 1. The first kappa shape index (κ1) is 14.8. The van der Waals surface area contributed by atoms with E-state index in [4.69, 9.17) is 16.3 Å². The van der Waals surface area contributed by atoms with Crippen LogP contribution in [-0.2, 0) is 0 Å². The maximum Gasteiger partial charge on any atom is 0.138 e. The van der Waals surface area contributed by atoms with Crippen molar-refractivity contribution >= 4 is 11.6 Å². The van der Waals surface area contributed by atoms with Crippen LogP contribution in [-0.4, -0.2) is 11.7 Å². The smallest absolute Gasteiger partial charge is 0.138 e. The molecule has 20 heavy (non-hydrogen) atoms. The van der Waals surface area contributed by atoms with Gasteiger partial charge in [0.1, 0.15) is 30.1 Å². The Morgan fingerprint density at radius 3 is 2.65 bits per heavy atom. The first-order valence-corrected chi connectivity index (χ1v) is 6.37. The Kier molecular flexibility index (Phi) is 4.57. The van der Waals surface area contributed by atoms with Crippen LogP contribution in [0.4, 0.5) is 8.78 Å². The molecule has 0 aliphatic rings. The number of ether oxygens (including phenoxy) is 1. The third kappa shape index (κ3) is 3.46. The van der Waals surface area contributed by atoms with Gasteiger partial charge < -0.3 is 9.84 Å². The SMILES string of the molecule is Cc1ccc(Cl)c(OCC(O)c2ccc(F)cc2F)c1. The number of benzene rings is 2. The van der Waals surface area contributed by atoms with Gasteiger partial charge in [-0.1, -0.05) is 23.7 Å². The van der Waals surface area contributed by atoms with Crippen LogP contribution in [0.1, 0.15) is 17.2 Å². The molecule has 1 N–H and O–H groups in total. The van der Waals surface area contributed by atoms with Crippen LogP contribution in [0.15, 0.2) is 36.4 Å². The highest BCUT2D eigenvalue weighted by molar-refractivity contribution is 6.32. The summed E-state index contributed by atoms with van der Waals surface area (Å²) in [4.78, 5) is 0. The van der Waals surface area contributed by atoms with Gasteiger partial charge in [0, 0.05) is 11.6 Å². The molecular weight excluding hydrogens is 286 g/mol. The average Bonchev–Trinajstić information content (AvgIpc) is 2.39. The number of hydrogen-bond acceptors (Lipinski definition) is 2. The second kappa shape index (κ2) is 6.20. The first-order valence-electron chi connectivity index (χ1n) is 5.99. The molecule has 0 saturated heterocycles. The maximum atomic E-state index is 13.5. The van der Waals surface area contributed by atoms with E-state index in [1.165, 1.54) is 6.07 Å². The number of halogens is 3. The van der Waals surface area contributed by atoms with Crippen molar-refractivity contribution in [3.8, 4) is 5.75 Å². The molecule has 0 spiro atoms. The van der Waals surface area contributed by atoms with Crippen molar-refractivity contribution in [2.45, 2.75) is 13.0 Å². The molecule has 1 unspecified atom stereocenters. The average molecular weight is 299 g/mol. The van der Waals surface area contributed by atoms with E-state index in [1.54, 1.807) is 12.1 Å². The van der Waals surface area contributed by atoms with Crippen LogP contribution in [0.25, 0.3) is 0 Å². The molecule has 0 aliphatic heterocycles. The molecule has 2 rings (SSSR count). The molecule has 2 nitrogen and oxygen atoms in total. The molecule has 0 heterocycles. The summed E-state index contributed by atoms with van der Waals surface area (Å²) in [5.41, 5.74) is 0.932. The topological polar surface area (TPSA) is 29.5 Å². The summed E-state index contributed by atoms with van der Waals surface area (Å²) in [6.07, 6.45) is -1.20. The van der Waals surface area contributed by atoms with Crippen LogP contribution in [0, 0.1) is 18.6 Å². The number of aryl methyl sites for hydroxylation is 1. The van der Waals surface area contributed by atoms with E-state index in [9.17, 15) is 13.9 Å². The third-order valence-corrected chi connectivity index (χ3v) is 3.12. The molecule has 0 radical (unpaired) electrons. The predicted molar refractivity (Wildman–Crippen MR) is 73.0 cm³/mol. The number of aliphatic hydroxyl groups is 1. The van der Waals surface area contributed by atoms with E-state index in [0.717, 1.165) is 17.7 Å². The van der Waals surface area contributed by atoms with E-state index < -0.39 is 17.7 Å². The summed E-state index contributed by atoms with van der Waals surface area (Å²) in [5, 5.41) is 10.3. The Morgan fingerprint density at radius 2 is 1.95 bits per heavy atom. The summed E-state index contributed by atoms with van der Waals surface area (Å²) < 4.78 is 31.7. The minimum atomic E-state index is -1.20. The van der Waals surface area contributed by atoms with E-state index >= 15 is 0 Å². The highest BCUT2D eigenvalue weighted by Crippen LogP contribution is 2.27. The first-order chi connectivity index (χ1) is 9.47. The minimum absolute atomic E-state index is 0.0184. The zero-order chi connectivity index (χ0) is 14.7. The molecule has 2 aromatic carbocycles. The van der Waals surface area contributed by atoms with Gasteiger partial charge in [0.25, 0.3) is 0 Å². The Bertz CT molecular complexity index is 617. The monoisotopic (exact) mass is 298 g/mol. The van der Waals surface area contributed by atoms with Crippen molar-refractivity contribution in [1.82, 2.24) is 0 Å². The van der Waals surface area contributed by atoms with Gasteiger partial charge >= 0.3 is 0 Å². The molecule has 1 atom stereocenters.